The van der Waals surface area contributed by atoms with Crippen molar-refractivity contribution in [1.82, 2.24) is 9.88 Å². The van der Waals surface area contributed by atoms with Gasteiger partial charge in [-0.05, 0) is 51.3 Å². The van der Waals surface area contributed by atoms with E-state index in [1.165, 1.54) is 0 Å². The van der Waals surface area contributed by atoms with Crippen molar-refractivity contribution in [2.75, 3.05) is 13.1 Å². The first-order valence-corrected chi connectivity index (χ1v) is 7.32. The minimum absolute atomic E-state index is 0.234. The summed E-state index contributed by atoms with van der Waals surface area (Å²) in [7, 11) is 0. The van der Waals surface area contributed by atoms with E-state index in [2.05, 4.69) is 4.98 Å². The molecule has 0 unspecified atom stereocenters. The van der Waals surface area contributed by atoms with Crippen molar-refractivity contribution in [3.8, 4) is 0 Å². The number of aromatic nitrogens is 1. The molecule has 1 aromatic heterocycles. The van der Waals surface area contributed by atoms with Gasteiger partial charge in [-0.25, -0.2) is 9.78 Å². The third-order valence-corrected chi connectivity index (χ3v) is 3.50. The van der Waals surface area contributed by atoms with Crippen LogP contribution >= 0.6 is 11.6 Å². The van der Waals surface area contributed by atoms with E-state index in [1.54, 1.807) is 11.1 Å². The van der Waals surface area contributed by atoms with Crippen LogP contribution in [0.15, 0.2) is 18.3 Å². The molecule has 1 fully saturated rings. The van der Waals surface area contributed by atoms with Crippen LogP contribution < -0.4 is 0 Å². The second kappa shape index (κ2) is 6.00. The molecule has 0 spiro atoms. The van der Waals surface area contributed by atoms with Gasteiger partial charge >= 0.3 is 6.09 Å². The molecule has 1 aromatic rings. The fraction of sp³-hybridized carbons (Fsp3) is 0.600. The number of likely N-dealkylation sites (tertiary alicyclic amines) is 1. The number of amides is 1. The fourth-order valence-corrected chi connectivity index (χ4v) is 2.60. The third kappa shape index (κ3) is 4.10. The minimum atomic E-state index is -0.454. The lowest BCUT2D eigenvalue weighted by Gasteiger charge is -2.34. The Bertz CT molecular complexity index is 485. The standard InChI is InChI=1S/C15H21ClN2O2/c1-15(2,3)20-14(19)18-8-4-5-12(10-18)11-6-7-17-13(16)9-11/h6-7,9,12H,4-5,8,10H2,1-3H3/t12-/m1/s1. The van der Waals surface area contributed by atoms with E-state index in [-0.39, 0.29) is 6.09 Å². The van der Waals surface area contributed by atoms with Gasteiger partial charge in [-0.1, -0.05) is 11.6 Å². The van der Waals surface area contributed by atoms with E-state index in [0.29, 0.717) is 17.6 Å². The molecule has 0 aromatic carbocycles. The highest BCUT2D eigenvalue weighted by molar-refractivity contribution is 6.29. The number of halogens is 1. The van der Waals surface area contributed by atoms with E-state index < -0.39 is 5.60 Å². The highest BCUT2D eigenvalue weighted by Crippen LogP contribution is 2.28. The topological polar surface area (TPSA) is 42.4 Å². The van der Waals surface area contributed by atoms with E-state index in [1.807, 2.05) is 32.9 Å². The largest absolute Gasteiger partial charge is 0.444 e. The molecule has 4 nitrogen and oxygen atoms in total. The number of carbonyl (C=O) groups is 1. The maximum absolute atomic E-state index is 12.1. The number of hydrogen-bond acceptors (Lipinski definition) is 3. The molecule has 0 saturated carbocycles. The fourth-order valence-electron chi connectivity index (χ4n) is 2.41. The molecule has 2 heterocycles. The van der Waals surface area contributed by atoms with Gasteiger partial charge in [-0.2, -0.15) is 0 Å². The van der Waals surface area contributed by atoms with Crippen LogP contribution in [0.2, 0.25) is 5.15 Å². The number of piperidine rings is 1. The molecule has 1 atom stereocenters. The lowest BCUT2D eigenvalue weighted by molar-refractivity contribution is 0.0198. The molecule has 1 amide bonds. The number of pyridine rings is 1. The van der Waals surface area contributed by atoms with Crippen molar-refractivity contribution in [2.45, 2.75) is 45.1 Å². The third-order valence-electron chi connectivity index (χ3n) is 3.30. The quantitative estimate of drug-likeness (QED) is 0.739. The Morgan fingerprint density at radius 3 is 2.90 bits per heavy atom. The lowest BCUT2D eigenvalue weighted by atomic mass is 9.91. The Morgan fingerprint density at radius 1 is 1.50 bits per heavy atom. The van der Waals surface area contributed by atoms with Gasteiger partial charge in [0.25, 0.3) is 0 Å². The summed E-state index contributed by atoms with van der Waals surface area (Å²) in [5.41, 5.74) is 0.683. The number of nitrogens with zero attached hydrogens (tertiary/aromatic N) is 2. The molecule has 0 bridgehead atoms. The lowest BCUT2D eigenvalue weighted by Crippen LogP contribution is -2.42. The average Bonchev–Trinajstić information content (AvgIpc) is 2.37. The van der Waals surface area contributed by atoms with Crippen molar-refractivity contribution >= 4 is 17.7 Å². The maximum atomic E-state index is 12.1. The monoisotopic (exact) mass is 296 g/mol. The first-order valence-electron chi connectivity index (χ1n) is 6.94. The van der Waals surface area contributed by atoms with Gasteiger partial charge in [0.2, 0.25) is 0 Å². The molecular weight excluding hydrogens is 276 g/mol. The summed E-state index contributed by atoms with van der Waals surface area (Å²) in [6.07, 6.45) is 3.51. The van der Waals surface area contributed by atoms with E-state index >= 15 is 0 Å². The summed E-state index contributed by atoms with van der Waals surface area (Å²) in [6, 6.07) is 3.85. The molecular formula is C15H21ClN2O2. The van der Waals surface area contributed by atoms with Crippen LogP contribution in [0, 0.1) is 0 Å². The molecule has 5 heteroatoms. The van der Waals surface area contributed by atoms with Crippen LogP contribution in [0.1, 0.15) is 45.1 Å². The van der Waals surface area contributed by atoms with Crippen molar-refractivity contribution in [1.29, 1.82) is 0 Å². The molecule has 0 N–H and O–H groups in total. The van der Waals surface area contributed by atoms with E-state index in [0.717, 1.165) is 24.9 Å². The highest BCUT2D eigenvalue weighted by Gasteiger charge is 2.28. The number of carbonyl (C=O) groups excluding carboxylic acids is 1. The Morgan fingerprint density at radius 2 is 2.25 bits per heavy atom. The first kappa shape index (κ1) is 15.1. The van der Waals surface area contributed by atoms with Crippen molar-refractivity contribution in [2.24, 2.45) is 0 Å². The van der Waals surface area contributed by atoms with Crippen molar-refractivity contribution < 1.29 is 9.53 Å². The van der Waals surface area contributed by atoms with Crippen LogP contribution in [0.25, 0.3) is 0 Å². The van der Waals surface area contributed by atoms with E-state index in [4.69, 9.17) is 16.3 Å². The van der Waals surface area contributed by atoms with Gasteiger partial charge in [-0.3, -0.25) is 0 Å². The van der Waals surface area contributed by atoms with Crippen LogP contribution in [0.5, 0.6) is 0 Å². The Kier molecular flexibility index (Phi) is 4.53. The van der Waals surface area contributed by atoms with Crippen LogP contribution in [-0.4, -0.2) is 34.7 Å². The van der Waals surface area contributed by atoms with E-state index in [9.17, 15) is 4.79 Å². The summed E-state index contributed by atoms with van der Waals surface area (Å²) in [5, 5.41) is 0.497. The SMILES string of the molecule is CC(C)(C)OC(=O)N1CCC[C@@H](c2ccnc(Cl)c2)C1. The molecule has 2 rings (SSSR count). The van der Waals surface area contributed by atoms with Crippen molar-refractivity contribution in [3.63, 3.8) is 0 Å². The number of hydrogen-bond donors (Lipinski definition) is 0. The van der Waals surface area contributed by atoms with Gasteiger partial charge in [0.1, 0.15) is 10.8 Å². The zero-order valence-electron chi connectivity index (χ0n) is 12.2. The van der Waals surface area contributed by atoms with Gasteiger partial charge in [-0.15, -0.1) is 0 Å². The summed E-state index contributed by atoms with van der Waals surface area (Å²) in [6.45, 7) is 7.08. The minimum Gasteiger partial charge on any atom is -0.444 e. The molecule has 110 valence electrons. The predicted molar refractivity (Wildman–Crippen MR) is 79.0 cm³/mol. The summed E-state index contributed by atoms with van der Waals surface area (Å²) in [4.78, 5) is 17.9. The zero-order valence-corrected chi connectivity index (χ0v) is 13.0. The van der Waals surface area contributed by atoms with Gasteiger partial charge < -0.3 is 9.64 Å². The molecule has 1 aliphatic heterocycles. The second-order valence-electron chi connectivity index (χ2n) is 6.18. The van der Waals surface area contributed by atoms with Crippen LogP contribution in [-0.2, 0) is 4.74 Å². The Labute approximate surface area is 125 Å². The number of ether oxygens (including phenoxy) is 1. The average molecular weight is 297 g/mol. The smallest absolute Gasteiger partial charge is 0.410 e. The molecule has 0 radical (unpaired) electrons. The molecule has 1 aliphatic rings. The predicted octanol–water partition coefficient (Wildman–Crippen LogP) is 3.85. The van der Waals surface area contributed by atoms with Gasteiger partial charge in [0, 0.05) is 25.2 Å². The maximum Gasteiger partial charge on any atom is 0.410 e. The van der Waals surface area contributed by atoms with Crippen LogP contribution in [0.3, 0.4) is 0 Å². The Balaban J connectivity index is 2.03. The van der Waals surface area contributed by atoms with Crippen LogP contribution in [0.4, 0.5) is 4.79 Å². The van der Waals surface area contributed by atoms with Gasteiger partial charge in [0.15, 0.2) is 0 Å². The molecule has 0 aliphatic carbocycles. The molecule has 20 heavy (non-hydrogen) atoms. The first-order chi connectivity index (χ1) is 9.35. The summed E-state index contributed by atoms with van der Waals surface area (Å²) in [5.74, 6) is 0.303. The Hall–Kier alpha value is -1.29. The normalized spacial score (nSPS) is 19.8. The number of rotatable bonds is 1. The van der Waals surface area contributed by atoms with Gasteiger partial charge in [0.05, 0.1) is 0 Å². The van der Waals surface area contributed by atoms with Crippen molar-refractivity contribution in [3.05, 3.63) is 29.0 Å². The summed E-state index contributed by atoms with van der Waals surface area (Å²) < 4.78 is 5.43. The molecule has 1 saturated heterocycles. The highest BCUT2D eigenvalue weighted by atomic mass is 35.5. The second-order valence-corrected chi connectivity index (χ2v) is 6.56. The summed E-state index contributed by atoms with van der Waals surface area (Å²) >= 11 is 5.93. The zero-order chi connectivity index (χ0) is 14.8.